The Kier molecular flexibility index (Phi) is 5.88. The van der Waals surface area contributed by atoms with Crippen LogP contribution in [-0.2, 0) is 19.6 Å². The molecule has 2 aromatic rings. The lowest BCUT2D eigenvalue weighted by molar-refractivity contribution is -0.139. The molecule has 2 rings (SSSR count). The van der Waals surface area contributed by atoms with Gasteiger partial charge in [-0.1, -0.05) is 0 Å². The first-order valence-corrected chi connectivity index (χ1v) is 8.64. The minimum atomic E-state index is -4.27. The van der Waals surface area contributed by atoms with Gasteiger partial charge in [0.2, 0.25) is 0 Å². The van der Waals surface area contributed by atoms with E-state index in [4.69, 9.17) is 0 Å². The molecule has 0 aromatic heterocycles. The van der Waals surface area contributed by atoms with Crippen LogP contribution in [-0.4, -0.2) is 33.9 Å². The standard InChI is InChI=1S/C16H14F2N2O5S/c1-25-15(21)9-19-16(22)10-2-5-12(6-3-10)20-26(23,24)14-7-4-11(17)8-13(14)18/h2-8,20H,9H2,1H3,(H,19,22). The zero-order valence-corrected chi connectivity index (χ0v) is 14.3. The first-order valence-electron chi connectivity index (χ1n) is 7.16. The highest BCUT2D eigenvalue weighted by atomic mass is 32.2. The number of amides is 1. The van der Waals surface area contributed by atoms with Gasteiger partial charge in [0.05, 0.1) is 7.11 Å². The molecule has 0 atom stereocenters. The summed E-state index contributed by atoms with van der Waals surface area (Å²) in [7, 11) is -3.09. The van der Waals surface area contributed by atoms with Gasteiger partial charge in [0, 0.05) is 17.3 Å². The number of anilines is 1. The maximum atomic E-state index is 13.6. The van der Waals surface area contributed by atoms with E-state index in [0.717, 1.165) is 12.1 Å². The van der Waals surface area contributed by atoms with Crippen LogP contribution in [0.25, 0.3) is 0 Å². The van der Waals surface area contributed by atoms with Crippen molar-refractivity contribution in [3.63, 3.8) is 0 Å². The topological polar surface area (TPSA) is 102 Å². The molecule has 0 heterocycles. The Morgan fingerprint density at radius 3 is 2.31 bits per heavy atom. The van der Waals surface area contributed by atoms with Crippen LogP contribution in [0.1, 0.15) is 10.4 Å². The van der Waals surface area contributed by atoms with Crippen LogP contribution >= 0.6 is 0 Å². The third-order valence-corrected chi connectivity index (χ3v) is 4.62. The Labute approximate surface area is 148 Å². The summed E-state index contributed by atoms with van der Waals surface area (Å²) in [6.07, 6.45) is 0. The van der Waals surface area contributed by atoms with Crippen molar-refractivity contribution in [3.05, 3.63) is 59.7 Å². The van der Waals surface area contributed by atoms with E-state index in [9.17, 15) is 26.8 Å². The first kappa shape index (κ1) is 19.3. The normalized spacial score (nSPS) is 10.9. The molecule has 0 saturated carbocycles. The number of hydrogen-bond donors (Lipinski definition) is 2. The number of benzene rings is 2. The Hall–Kier alpha value is -3.01. The van der Waals surface area contributed by atoms with E-state index >= 15 is 0 Å². The van der Waals surface area contributed by atoms with Crippen molar-refractivity contribution >= 4 is 27.6 Å². The Morgan fingerprint density at radius 1 is 1.08 bits per heavy atom. The van der Waals surface area contributed by atoms with Gasteiger partial charge in [0.25, 0.3) is 15.9 Å². The van der Waals surface area contributed by atoms with Gasteiger partial charge in [-0.25, -0.2) is 17.2 Å². The highest BCUT2D eigenvalue weighted by molar-refractivity contribution is 7.92. The molecule has 1 amide bonds. The van der Waals surface area contributed by atoms with Crippen molar-refractivity contribution < 1.29 is 31.5 Å². The zero-order chi connectivity index (χ0) is 19.3. The summed E-state index contributed by atoms with van der Waals surface area (Å²) in [5, 5.41) is 2.32. The number of carbonyl (C=O) groups excluding carboxylic acids is 2. The van der Waals surface area contributed by atoms with Crippen LogP contribution in [0.3, 0.4) is 0 Å². The molecule has 0 radical (unpaired) electrons. The van der Waals surface area contributed by atoms with E-state index in [2.05, 4.69) is 14.8 Å². The fraction of sp³-hybridized carbons (Fsp3) is 0.125. The number of halogens is 2. The molecule has 2 aromatic carbocycles. The van der Waals surface area contributed by atoms with Gasteiger partial charge >= 0.3 is 5.97 Å². The molecule has 0 fully saturated rings. The molecule has 0 saturated heterocycles. The number of carbonyl (C=O) groups is 2. The molecule has 7 nitrogen and oxygen atoms in total. The third-order valence-electron chi connectivity index (χ3n) is 3.20. The van der Waals surface area contributed by atoms with Crippen LogP contribution in [0.15, 0.2) is 47.4 Å². The second kappa shape index (κ2) is 7.91. The molecule has 0 aliphatic rings. The lowest BCUT2D eigenvalue weighted by atomic mass is 10.2. The number of ether oxygens (including phenoxy) is 1. The first-order chi connectivity index (χ1) is 12.2. The van der Waals surface area contributed by atoms with Crippen molar-refractivity contribution in [2.75, 3.05) is 18.4 Å². The second-order valence-corrected chi connectivity index (χ2v) is 6.67. The minimum absolute atomic E-state index is 0.0678. The monoisotopic (exact) mass is 384 g/mol. The van der Waals surface area contributed by atoms with Crippen LogP contribution in [0.2, 0.25) is 0 Å². The van der Waals surface area contributed by atoms with Gasteiger partial charge in [-0.2, -0.15) is 0 Å². The molecule has 0 spiro atoms. The van der Waals surface area contributed by atoms with E-state index in [1.54, 1.807) is 0 Å². The number of rotatable bonds is 6. The molecule has 0 bridgehead atoms. The Morgan fingerprint density at radius 2 is 1.73 bits per heavy atom. The Balaban J connectivity index is 2.11. The average molecular weight is 384 g/mol. The summed E-state index contributed by atoms with van der Waals surface area (Å²) < 4.78 is 57.4. The number of methoxy groups -OCH3 is 1. The van der Waals surface area contributed by atoms with Crippen molar-refractivity contribution in [1.82, 2.24) is 5.32 Å². The lowest BCUT2D eigenvalue weighted by Gasteiger charge is -2.10. The highest BCUT2D eigenvalue weighted by Gasteiger charge is 2.20. The van der Waals surface area contributed by atoms with Gasteiger partial charge < -0.3 is 10.1 Å². The SMILES string of the molecule is COC(=O)CNC(=O)c1ccc(NS(=O)(=O)c2ccc(F)cc2F)cc1. The number of esters is 1. The van der Waals surface area contributed by atoms with E-state index in [-0.39, 0.29) is 17.8 Å². The zero-order valence-electron chi connectivity index (χ0n) is 13.5. The van der Waals surface area contributed by atoms with E-state index in [1.165, 1.54) is 31.4 Å². The Bertz CT molecular complexity index is 930. The average Bonchev–Trinajstić information content (AvgIpc) is 2.59. The molecule has 26 heavy (non-hydrogen) atoms. The van der Waals surface area contributed by atoms with Gasteiger partial charge in [-0.15, -0.1) is 0 Å². The maximum Gasteiger partial charge on any atom is 0.325 e. The van der Waals surface area contributed by atoms with Crippen molar-refractivity contribution in [2.24, 2.45) is 0 Å². The molecule has 138 valence electrons. The van der Waals surface area contributed by atoms with Crippen molar-refractivity contribution in [3.8, 4) is 0 Å². The van der Waals surface area contributed by atoms with E-state index in [1.807, 2.05) is 0 Å². The van der Waals surface area contributed by atoms with Crippen molar-refractivity contribution in [2.45, 2.75) is 4.90 Å². The largest absolute Gasteiger partial charge is 0.468 e. The van der Waals surface area contributed by atoms with Gasteiger partial charge in [-0.05, 0) is 36.4 Å². The molecule has 10 heteroatoms. The summed E-state index contributed by atoms with van der Waals surface area (Å²) in [5.74, 6) is -3.31. The van der Waals surface area contributed by atoms with Crippen LogP contribution in [0, 0.1) is 11.6 Å². The highest BCUT2D eigenvalue weighted by Crippen LogP contribution is 2.20. The summed E-state index contributed by atoms with van der Waals surface area (Å²) in [6, 6.07) is 7.28. The summed E-state index contributed by atoms with van der Waals surface area (Å²) in [6.45, 7) is -0.312. The number of sulfonamides is 1. The molecule has 2 N–H and O–H groups in total. The van der Waals surface area contributed by atoms with E-state index in [0.29, 0.717) is 6.07 Å². The molecule has 0 unspecified atom stereocenters. The molecule has 0 aliphatic carbocycles. The van der Waals surface area contributed by atoms with Gasteiger partial charge in [-0.3, -0.25) is 14.3 Å². The summed E-state index contributed by atoms with van der Waals surface area (Å²) >= 11 is 0. The van der Waals surface area contributed by atoms with Gasteiger partial charge in [0.1, 0.15) is 23.1 Å². The van der Waals surface area contributed by atoms with E-state index < -0.39 is 38.4 Å². The molecule has 0 aliphatic heterocycles. The van der Waals surface area contributed by atoms with Crippen LogP contribution < -0.4 is 10.0 Å². The lowest BCUT2D eigenvalue weighted by Crippen LogP contribution is -2.30. The van der Waals surface area contributed by atoms with Gasteiger partial charge in [0.15, 0.2) is 0 Å². The number of nitrogens with one attached hydrogen (secondary N) is 2. The minimum Gasteiger partial charge on any atom is -0.468 e. The predicted molar refractivity (Wildman–Crippen MR) is 88.0 cm³/mol. The summed E-state index contributed by atoms with van der Waals surface area (Å²) in [4.78, 5) is 22.1. The third kappa shape index (κ3) is 4.76. The number of hydrogen-bond acceptors (Lipinski definition) is 5. The van der Waals surface area contributed by atoms with Crippen LogP contribution in [0.4, 0.5) is 14.5 Å². The van der Waals surface area contributed by atoms with Crippen LogP contribution in [0.5, 0.6) is 0 Å². The maximum absolute atomic E-state index is 13.6. The quantitative estimate of drug-likeness (QED) is 0.738. The van der Waals surface area contributed by atoms with Crippen molar-refractivity contribution in [1.29, 1.82) is 0 Å². The fourth-order valence-electron chi connectivity index (χ4n) is 1.92. The predicted octanol–water partition coefficient (Wildman–Crippen LogP) is 1.67. The molecular formula is C16H14F2N2O5S. The second-order valence-electron chi connectivity index (χ2n) is 5.02. The summed E-state index contributed by atoms with van der Waals surface area (Å²) in [5.41, 5.74) is 0.239. The fourth-order valence-corrected chi connectivity index (χ4v) is 3.04. The smallest absolute Gasteiger partial charge is 0.325 e. The molecular weight excluding hydrogens is 370 g/mol.